The van der Waals surface area contributed by atoms with Gasteiger partial charge in [-0.2, -0.15) is 5.26 Å². The summed E-state index contributed by atoms with van der Waals surface area (Å²) in [6.07, 6.45) is 2.39. The number of nitrogens with zero attached hydrogens (tertiary/aromatic N) is 5. The second-order valence-electron chi connectivity index (χ2n) is 4.05. The van der Waals surface area contributed by atoms with Crippen LogP contribution < -0.4 is 4.90 Å². The lowest BCUT2D eigenvalue weighted by Gasteiger charge is -2.22. The van der Waals surface area contributed by atoms with Crippen LogP contribution in [0.3, 0.4) is 0 Å². The molecule has 1 heterocycles. The minimum Gasteiger partial charge on any atom is -0.364 e. The lowest BCUT2D eigenvalue weighted by atomic mass is 10.2. The number of nitriles is 1. The third-order valence-corrected chi connectivity index (χ3v) is 2.62. The van der Waals surface area contributed by atoms with Gasteiger partial charge in [-0.15, -0.1) is 5.10 Å². The summed E-state index contributed by atoms with van der Waals surface area (Å²) >= 11 is 0. The van der Waals surface area contributed by atoms with Crippen molar-refractivity contribution in [3.05, 3.63) is 42.2 Å². The maximum atomic E-state index is 8.72. The van der Waals surface area contributed by atoms with E-state index in [1.807, 2.05) is 43.6 Å². The molecule has 0 aliphatic carbocycles. The van der Waals surface area contributed by atoms with Crippen molar-refractivity contribution < 1.29 is 0 Å². The van der Waals surface area contributed by atoms with Gasteiger partial charge < -0.3 is 4.90 Å². The molecule has 1 aromatic carbocycles. The van der Waals surface area contributed by atoms with Crippen LogP contribution in [0, 0.1) is 11.3 Å². The molecular formula is C13H15N5. The summed E-state index contributed by atoms with van der Waals surface area (Å²) in [7, 11) is 1.85. The van der Waals surface area contributed by atoms with Crippen LogP contribution >= 0.6 is 0 Å². The normalized spacial score (nSPS) is 10.0. The highest BCUT2D eigenvalue weighted by molar-refractivity contribution is 5.46. The molecule has 0 aliphatic rings. The summed E-state index contributed by atoms with van der Waals surface area (Å²) in [5, 5.41) is 16.7. The van der Waals surface area contributed by atoms with Crippen molar-refractivity contribution in [1.82, 2.24) is 15.0 Å². The highest BCUT2D eigenvalue weighted by atomic mass is 15.4. The summed E-state index contributed by atoms with van der Waals surface area (Å²) in [5.74, 6) is 0. The first kappa shape index (κ1) is 12.1. The molecular weight excluding hydrogens is 226 g/mol. The van der Waals surface area contributed by atoms with Crippen LogP contribution in [0.4, 0.5) is 5.69 Å². The average Bonchev–Trinajstić information content (AvgIpc) is 2.81. The van der Waals surface area contributed by atoms with Gasteiger partial charge in [0.05, 0.1) is 19.0 Å². The molecule has 2 rings (SSSR count). The van der Waals surface area contributed by atoms with Crippen molar-refractivity contribution in [1.29, 1.82) is 5.26 Å². The average molecular weight is 241 g/mol. The Morgan fingerprint density at radius 1 is 1.33 bits per heavy atom. The van der Waals surface area contributed by atoms with Crippen molar-refractivity contribution in [3.8, 4) is 6.07 Å². The molecule has 0 spiro atoms. The van der Waals surface area contributed by atoms with Gasteiger partial charge >= 0.3 is 0 Å². The van der Waals surface area contributed by atoms with Crippen LogP contribution in [0.15, 0.2) is 36.5 Å². The minimum atomic E-state index is 0.495. The third kappa shape index (κ3) is 3.08. The van der Waals surface area contributed by atoms with Crippen molar-refractivity contribution in [3.63, 3.8) is 0 Å². The Morgan fingerprint density at radius 2 is 2.11 bits per heavy atom. The topological polar surface area (TPSA) is 57.7 Å². The van der Waals surface area contributed by atoms with Crippen LogP contribution in [0.1, 0.15) is 12.1 Å². The fourth-order valence-corrected chi connectivity index (χ4v) is 1.79. The molecule has 92 valence electrons. The molecule has 0 unspecified atom stereocenters. The Labute approximate surface area is 106 Å². The van der Waals surface area contributed by atoms with E-state index in [1.165, 1.54) is 0 Å². The third-order valence-electron chi connectivity index (χ3n) is 2.62. The molecule has 5 nitrogen and oxygen atoms in total. The summed E-state index contributed by atoms with van der Waals surface area (Å²) in [6, 6.07) is 12.2. The van der Waals surface area contributed by atoms with E-state index in [2.05, 4.69) is 21.3 Å². The Balaban J connectivity index is 2.13. The Morgan fingerprint density at radius 3 is 2.72 bits per heavy atom. The van der Waals surface area contributed by atoms with Gasteiger partial charge in [-0.05, 0) is 12.1 Å². The molecule has 0 aliphatic heterocycles. The van der Waals surface area contributed by atoms with Gasteiger partial charge in [0.2, 0.25) is 0 Å². The van der Waals surface area contributed by atoms with Gasteiger partial charge in [-0.1, -0.05) is 23.4 Å². The second-order valence-corrected chi connectivity index (χ2v) is 4.05. The number of hydrogen-bond donors (Lipinski definition) is 0. The standard InChI is InChI=1S/C13H15N5/c1-17-10-12(15-16-17)11-18(9-5-8-14)13-6-3-2-4-7-13/h2-4,6-7,10H,5,9,11H2,1H3. The van der Waals surface area contributed by atoms with Crippen LogP contribution in [-0.4, -0.2) is 21.5 Å². The van der Waals surface area contributed by atoms with E-state index in [4.69, 9.17) is 5.26 Å². The quantitative estimate of drug-likeness (QED) is 0.800. The highest BCUT2D eigenvalue weighted by Crippen LogP contribution is 2.15. The van der Waals surface area contributed by atoms with Crippen LogP contribution in [0.5, 0.6) is 0 Å². The smallest absolute Gasteiger partial charge is 0.102 e. The van der Waals surface area contributed by atoms with Crippen LogP contribution in [-0.2, 0) is 13.6 Å². The first-order valence-electron chi connectivity index (χ1n) is 5.82. The first-order chi connectivity index (χ1) is 8.79. The Bertz CT molecular complexity index is 526. The predicted octanol–water partition coefficient (Wildman–Crippen LogP) is 1.74. The lowest BCUT2D eigenvalue weighted by molar-refractivity contribution is 0.711. The van der Waals surface area contributed by atoms with Crippen LogP contribution in [0.25, 0.3) is 0 Å². The summed E-state index contributed by atoms with van der Waals surface area (Å²) in [4.78, 5) is 2.13. The fraction of sp³-hybridized carbons (Fsp3) is 0.308. The number of benzene rings is 1. The van der Waals surface area contributed by atoms with Gasteiger partial charge in [0.15, 0.2) is 0 Å². The van der Waals surface area contributed by atoms with E-state index in [-0.39, 0.29) is 0 Å². The molecule has 0 radical (unpaired) electrons. The first-order valence-corrected chi connectivity index (χ1v) is 5.82. The Hall–Kier alpha value is -2.35. The summed E-state index contributed by atoms with van der Waals surface area (Å²) < 4.78 is 1.68. The number of hydrogen-bond acceptors (Lipinski definition) is 4. The van der Waals surface area contributed by atoms with Gasteiger partial charge in [0.1, 0.15) is 5.69 Å². The lowest BCUT2D eigenvalue weighted by Crippen LogP contribution is -2.23. The molecule has 0 saturated heterocycles. The minimum absolute atomic E-state index is 0.495. The molecule has 0 fully saturated rings. The number of para-hydroxylation sites is 1. The second kappa shape index (κ2) is 5.82. The van der Waals surface area contributed by atoms with Gasteiger partial charge in [-0.25, -0.2) is 0 Å². The van der Waals surface area contributed by atoms with Crippen molar-refractivity contribution in [2.45, 2.75) is 13.0 Å². The molecule has 0 saturated carbocycles. The van der Waals surface area contributed by atoms with E-state index in [1.54, 1.807) is 4.68 Å². The highest BCUT2D eigenvalue weighted by Gasteiger charge is 2.08. The monoisotopic (exact) mass is 241 g/mol. The zero-order valence-corrected chi connectivity index (χ0v) is 10.3. The number of anilines is 1. The van der Waals surface area contributed by atoms with E-state index >= 15 is 0 Å². The molecule has 0 amide bonds. The maximum absolute atomic E-state index is 8.72. The van der Waals surface area contributed by atoms with E-state index in [9.17, 15) is 0 Å². The summed E-state index contributed by atoms with van der Waals surface area (Å²) in [5.41, 5.74) is 2.00. The van der Waals surface area contributed by atoms with Crippen molar-refractivity contribution in [2.75, 3.05) is 11.4 Å². The maximum Gasteiger partial charge on any atom is 0.102 e. The molecule has 5 heteroatoms. The largest absolute Gasteiger partial charge is 0.364 e. The van der Waals surface area contributed by atoms with Crippen molar-refractivity contribution >= 4 is 5.69 Å². The van der Waals surface area contributed by atoms with Crippen LogP contribution in [0.2, 0.25) is 0 Å². The Kier molecular flexibility index (Phi) is 3.92. The molecule has 0 bridgehead atoms. The molecule has 2 aromatic rings. The SMILES string of the molecule is Cn1cc(CN(CCC#N)c2ccccc2)nn1. The fourth-order valence-electron chi connectivity index (χ4n) is 1.79. The van der Waals surface area contributed by atoms with Gasteiger partial charge in [0, 0.05) is 25.5 Å². The van der Waals surface area contributed by atoms with E-state index < -0.39 is 0 Å². The van der Waals surface area contributed by atoms with Crippen molar-refractivity contribution in [2.24, 2.45) is 7.05 Å². The number of aromatic nitrogens is 3. The summed E-state index contributed by atoms with van der Waals surface area (Å²) in [6.45, 7) is 1.36. The molecule has 1 aromatic heterocycles. The predicted molar refractivity (Wildman–Crippen MR) is 68.7 cm³/mol. The zero-order valence-electron chi connectivity index (χ0n) is 10.3. The number of aryl methyl sites for hydroxylation is 1. The van der Waals surface area contributed by atoms with E-state index in [0.717, 1.165) is 11.4 Å². The molecule has 0 N–H and O–H groups in total. The molecule has 18 heavy (non-hydrogen) atoms. The molecule has 0 atom stereocenters. The number of rotatable bonds is 5. The van der Waals surface area contributed by atoms with Gasteiger partial charge in [0.25, 0.3) is 0 Å². The van der Waals surface area contributed by atoms with Gasteiger partial charge in [-0.3, -0.25) is 4.68 Å². The van der Waals surface area contributed by atoms with E-state index in [0.29, 0.717) is 19.5 Å². The zero-order chi connectivity index (χ0) is 12.8.